The number of nitrogens with one attached hydrogen (secondary N) is 3. The van der Waals surface area contributed by atoms with Gasteiger partial charge in [-0.05, 0) is 38.0 Å². The summed E-state index contributed by atoms with van der Waals surface area (Å²) in [5, 5.41) is 7.52. The lowest BCUT2D eigenvalue weighted by Gasteiger charge is -2.14. The van der Waals surface area contributed by atoms with E-state index in [9.17, 15) is 4.79 Å². The Bertz CT molecular complexity index is 470. The number of hydrogen-bond acceptors (Lipinski definition) is 4. The van der Waals surface area contributed by atoms with E-state index in [0.29, 0.717) is 11.7 Å². The number of amides is 1. The van der Waals surface area contributed by atoms with E-state index in [0.717, 1.165) is 25.1 Å². The average molecular weight is 297 g/mol. The molecule has 0 aromatic carbocycles. The maximum Gasteiger partial charge on any atom is 0.260 e. The SMILES string of the molecule is Cc1ccn(CC(=O)NNC(=S)NC[C@@H]2CCCO2)n1. The average Bonchev–Trinajstić information content (AvgIpc) is 3.06. The Morgan fingerprint density at radius 1 is 1.60 bits per heavy atom. The highest BCUT2D eigenvalue weighted by Gasteiger charge is 2.15. The molecule has 20 heavy (non-hydrogen) atoms. The van der Waals surface area contributed by atoms with Gasteiger partial charge in [-0.2, -0.15) is 5.10 Å². The van der Waals surface area contributed by atoms with Crippen molar-refractivity contribution in [1.82, 2.24) is 25.9 Å². The first-order chi connectivity index (χ1) is 9.63. The van der Waals surface area contributed by atoms with Gasteiger partial charge in [0.25, 0.3) is 5.91 Å². The number of thiocarbonyl (C=S) groups is 1. The number of aromatic nitrogens is 2. The largest absolute Gasteiger partial charge is 0.376 e. The minimum absolute atomic E-state index is 0.148. The lowest BCUT2D eigenvalue weighted by atomic mass is 10.2. The summed E-state index contributed by atoms with van der Waals surface area (Å²) in [6, 6.07) is 1.84. The summed E-state index contributed by atoms with van der Waals surface area (Å²) in [7, 11) is 0. The third-order valence-corrected chi connectivity index (χ3v) is 3.16. The first-order valence-corrected chi connectivity index (χ1v) is 6.98. The summed E-state index contributed by atoms with van der Waals surface area (Å²) < 4.78 is 7.03. The second-order valence-corrected chi connectivity index (χ2v) is 5.08. The quantitative estimate of drug-likeness (QED) is 0.530. The van der Waals surface area contributed by atoms with E-state index in [1.165, 1.54) is 0 Å². The zero-order chi connectivity index (χ0) is 14.4. The van der Waals surface area contributed by atoms with Gasteiger partial charge >= 0.3 is 0 Å². The van der Waals surface area contributed by atoms with Crippen molar-refractivity contribution in [1.29, 1.82) is 0 Å². The van der Waals surface area contributed by atoms with Crippen LogP contribution in [0.15, 0.2) is 12.3 Å². The van der Waals surface area contributed by atoms with Crippen LogP contribution in [0.2, 0.25) is 0 Å². The van der Waals surface area contributed by atoms with Gasteiger partial charge in [-0.1, -0.05) is 0 Å². The van der Waals surface area contributed by atoms with Crippen LogP contribution in [0.3, 0.4) is 0 Å². The number of hydrogen-bond donors (Lipinski definition) is 3. The van der Waals surface area contributed by atoms with Gasteiger partial charge in [0.1, 0.15) is 6.54 Å². The van der Waals surface area contributed by atoms with Gasteiger partial charge < -0.3 is 10.1 Å². The molecule has 1 aliphatic rings. The topological polar surface area (TPSA) is 80.2 Å². The summed E-state index contributed by atoms with van der Waals surface area (Å²) in [6.07, 6.45) is 4.09. The third kappa shape index (κ3) is 4.78. The minimum atomic E-state index is -0.214. The fraction of sp³-hybridized carbons (Fsp3) is 0.583. The smallest absolute Gasteiger partial charge is 0.260 e. The second-order valence-electron chi connectivity index (χ2n) is 4.67. The van der Waals surface area contributed by atoms with Crippen molar-refractivity contribution in [2.75, 3.05) is 13.2 Å². The van der Waals surface area contributed by atoms with E-state index >= 15 is 0 Å². The van der Waals surface area contributed by atoms with Crippen molar-refractivity contribution in [3.8, 4) is 0 Å². The van der Waals surface area contributed by atoms with Crippen LogP contribution in [-0.2, 0) is 16.1 Å². The highest BCUT2D eigenvalue weighted by molar-refractivity contribution is 7.80. The van der Waals surface area contributed by atoms with Crippen LogP contribution >= 0.6 is 12.2 Å². The van der Waals surface area contributed by atoms with E-state index in [2.05, 4.69) is 21.3 Å². The van der Waals surface area contributed by atoms with Gasteiger partial charge in [-0.15, -0.1) is 0 Å². The lowest BCUT2D eigenvalue weighted by molar-refractivity contribution is -0.122. The van der Waals surface area contributed by atoms with Crippen LogP contribution in [0.4, 0.5) is 0 Å². The van der Waals surface area contributed by atoms with Crippen molar-refractivity contribution in [2.45, 2.75) is 32.4 Å². The van der Waals surface area contributed by atoms with Gasteiger partial charge in [0.2, 0.25) is 0 Å². The Kier molecular flexibility index (Phi) is 5.31. The van der Waals surface area contributed by atoms with E-state index in [1.54, 1.807) is 10.9 Å². The first kappa shape index (κ1) is 14.7. The molecule has 110 valence electrons. The zero-order valence-electron chi connectivity index (χ0n) is 11.4. The normalized spacial score (nSPS) is 17.8. The van der Waals surface area contributed by atoms with Gasteiger partial charge in [0, 0.05) is 19.3 Å². The fourth-order valence-corrected chi connectivity index (χ4v) is 2.05. The van der Waals surface area contributed by atoms with Crippen molar-refractivity contribution >= 4 is 23.2 Å². The minimum Gasteiger partial charge on any atom is -0.376 e. The Morgan fingerprint density at radius 3 is 3.10 bits per heavy atom. The van der Waals surface area contributed by atoms with Gasteiger partial charge in [0.05, 0.1) is 11.8 Å². The van der Waals surface area contributed by atoms with Crippen LogP contribution in [-0.4, -0.2) is 40.1 Å². The summed E-state index contributed by atoms with van der Waals surface area (Å²) in [5.41, 5.74) is 6.05. The molecule has 8 heteroatoms. The van der Waals surface area contributed by atoms with Crippen LogP contribution in [0.25, 0.3) is 0 Å². The maximum absolute atomic E-state index is 11.6. The maximum atomic E-state index is 11.6. The van der Waals surface area contributed by atoms with Gasteiger partial charge in [-0.3, -0.25) is 20.3 Å². The molecule has 0 spiro atoms. The Labute approximate surface area is 123 Å². The van der Waals surface area contributed by atoms with Crippen LogP contribution in [0.1, 0.15) is 18.5 Å². The first-order valence-electron chi connectivity index (χ1n) is 6.58. The lowest BCUT2D eigenvalue weighted by Crippen LogP contribution is -2.49. The molecule has 0 saturated carbocycles. The summed E-state index contributed by atoms with van der Waals surface area (Å²) in [6.45, 7) is 3.48. The molecule has 1 amide bonds. The molecule has 7 nitrogen and oxygen atoms in total. The second kappa shape index (κ2) is 7.20. The molecule has 0 bridgehead atoms. The number of ether oxygens (including phenoxy) is 1. The summed E-state index contributed by atoms with van der Waals surface area (Å²) in [4.78, 5) is 11.6. The molecule has 0 aliphatic carbocycles. The molecular formula is C12H19N5O2S. The molecule has 0 radical (unpaired) electrons. The van der Waals surface area contributed by atoms with Crippen molar-refractivity contribution in [3.63, 3.8) is 0 Å². The highest BCUT2D eigenvalue weighted by Crippen LogP contribution is 2.10. The number of rotatable bonds is 4. The summed E-state index contributed by atoms with van der Waals surface area (Å²) >= 11 is 5.06. The number of carbonyl (C=O) groups excluding carboxylic acids is 1. The molecule has 0 unspecified atom stereocenters. The van der Waals surface area contributed by atoms with E-state index in [-0.39, 0.29) is 18.6 Å². The molecule has 1 aromatic heterocycles. The Hall–Kier alpha value is -1.67. The molecule has 2 rings (SSSR count). The van der Waals surface area contributed by atoms with E-state index in [4.69, 9.17) is 17.0 Å². The molecule has 2 heterocycles. The molecule has 1 saturated heterocycles. The fourth-order valence-electron chi connectivity index (χ4n) is 1.92. The predicted molar refractivity (Wildman–Crippen MR) is 77.8 cm³/mol. The highest BCUT2D eigenvalue weighted by atomic mass is 32.1. The monoisotopic (exact) mass is 297 g/mol. The van der Waals surface area contributed by atoms with Crippen molar-refractivity contribution in [2.24, 2.45) is 0 Å². The molecule has 1 fully saturated rings. The number of carbonyl (C=O) groups is 1. The predicted octanol–water partition coefficient (Wildman–Crippen LogP) is -0.134. The van der Waals surface area contributed by atoms with Crippen molar-refractivity contribution < 1.29 is 9.53 Å². The number of nitrogens with zero attached hydrogens (tertiary/aromatic N) is 2. The third-order valence-electron chi connectivity index (χ3n) is 2.91. The van der Waals surface area contributed by atoms with Crippen LogP contribution in [0.5, 0.6) is 0 Å². The van der Waals surface area contributed by atoms with Crippen molar-refractivity contribution in [3.05, 3.63) is 18.0 Å². The van der Waals surface area contributed by atoms with Crippen LogP contribution in [0, 0.1) is 6.92 Å². The molecule has 1 aromatic rings. The molecular weight excluding hydrogens is 278 g/mol. The Balaban J connectivity index is 1.61. The molecule has 3 N–H and O–H groups in total. The van der Waals surface area contributed by atoms with Gasteiger partial charge in [0.15, 0.2) is 5.11 Å². The number of aryl methyl sites for hydroxylation is 1. The van der Waals surface area contributed by atoms with Gasteiger partial charge in [-0.25, -0.2) is 0 Å². The molecule has 1 aliphatic heterocycles. The summed E-state index contributed by atoms with van der Waals surface area (Å²) in [5.74, 6) is -0.214. The van der Waals surface area contributed by atoms with E-state index < -0.39 is 0 Å². The standard InChI is InChI=1S/C12H19N5O2S/c1-9-4-5-17(16-9)8-11(18)14-15-12(20)13-7-10-3-2-6-19-10/h4-5,10H,2-3,6-8H2,1H3,(H,14,18)(H2,13,15,20)/t10-/m0/s1. The van der Waals surface area contributed by atoms with E-state index in [1.807, 2.05) is 13.0 Å². The zero-order valence-corrected chi connectivity index (χ0v) is 12.2. The van der Waals surface area contributed by atoms with Crippen LogP contribution < -0.4 is 16.2 Å². The number of hydrazine groups is 1. The molecule has 1 atom stereocenters. The Morgan fingerprint density at radius 2 is 2.45 bits per heavy atom.